The molecule has 3 atom stereocenters. The summed E-state index contributed by atoms with van der Waals surface area (Å²) in [7, 11) is 1.59. The van der Waals surface area contributed by atoms with Gasteiger partial charge in [0.15, 0.2) is 5.78 Å². The summed E-state index contributed by atoms with van der Waals surface area (Å²) in [5, 5.41) is 13.1. The van der Waals surface area contributed by atoms with Crippen LogP contribution < -0.4 is 15.8 Å². The van der Waals surface area contributed by atoms with E-state index in [1.807, 2.05) is 45.0 Å². The van der Waals surface area contributed by atoms with Crippen LogP contribution >= 0.6 is 0 Å². The highest BCUT2D eigenvalue weighted by molar-refractivity contribution is 5.86. The first-order valence-electron chi connectivity index (χ1n) is 9.18. The number of aryl methyl sites for hydroxylation is 1. The van der Waals surface area contributed by atoms with E-state index in [1.54, 1.807) is 7.11 Å². The van der Waals surface area contributed by atoms with Gasteiger partial charge in [-0.2, -0.15) is 0 Å². The number of rotatable bonds is 11. The van der Waals surface area contributed by atoms with Crippen molar-refractivity contribution in [3.05, 3.63) is 29.8 Å². The predicted octanol–water partition coefficient (Wildman–Crippen LogP) is 1.83. The molecular weight excluding hydrogens is 332 g/mol. The Morgan fingerprint density at radius 1 is 1.31 bits per heavy atom. The fourth-order valence-corrected chi connectivity index (χ4v) is 2.78. The minimum atomic E-state index is -1.24. The molecule has 0 fully saturated rings. The molecule has 0 saturated heterocycles. The first-order valence-corrected chi connectivity index (χ1v) is 9.18. The van der Waals surface area contributed by atoms with Gasteiger partial charge in [-0.15, -0.1) is 0 Å². The predicted molar refractivity (Wildman–Crippen MR) is 102 cm³/mol. The van der Waals surface area contributed by atoms with Gasteiger partial charge in [0, 0.05) is 6.42 Å². The number of Topliss-reactive ketones (excluding diaryl/α,β-unsaturated/α-hetero) is 1. The number of nitrogens with two attached hydrogens (primary N) is 1. The van der Waals surface area contributed by atoms with E-state index in [0.29, 0.717) is 25.2 Å². The Balaban J connectivity index is 2.59. The maximum atomic E-state index is 12.3. The number of carbonyl (C=O) groups is 2. The molecular formula is C20H32N2O4. The van der Waals surface area contributed by atoms with Crippen LogP contribution in [0.4, 0.5) is 0 Å². The lowest BCUT2D eigenvalue weighted by Crippen LogP contribution is -2.51. The number of nitrogens with one attached hydrogen (secondary N) is 1. The van der Waals surface area contributed by atoms with Crippen LogP contribution in [0.1, 0.15) is 45.6 Å². The van der Waals surface area contributed by atoms with Crippen LogP contribution in [0, 0.1) is 5.92 Å². The van der Waals surface area contributed by atoms with Crippen LogP contribution in [0.25, 0.3) is 0 Å². The SMILES string of the molecule is CCC(NC(=O)[C@@H](N)CC(C)C)C(O)C(=O)CCc1cccc(OC)c1. The quantitative estimate of drug-likeness (QED) is 0.556. The summed E-state index contributed by atoms with van der Waals surface area (Å²) in [5.41, 5.74) is 6.83. The van der Waals surface area contributed by atoms with Crippen molar-refractivity contribution < 1.29 is 19.4 Å². The van der Waals surface area contributed by atoms with Crippen molar-refractivity contribution in [2.24, 2.45) is 11.7 Å². The lowest BCUT2D eigenvalue weighted by atomic mass is 9.98. The summed E-state index contributed by atoms with van der Waals surface area (Å²) in [6.45, 7) is 5.79. The van der Waals surface area contributed by atoms with Gasteiger partial charge in [-0.1, -0.05) is 32.9 Å². The molecule has 4 N–H and O–H groups in total. The first kappa shape index (κ1) is 22.1. The molecule has 0 radical (unpaired) electrons. The number of hydrogen-bond acceptors (Lipinski definition) is 5. The first-order chi connectivity index (χ1) is 12.3. The Morgan fingerprint density at radius 3 is 2.58 bits per heavy atom. The summed E-state index contributed by atoms with van der Waals surface area (Å²) in [6, 6.07) is 6.21. The van der Waals surface area contributed by atoms with Gasteiger partial charge in [0.25, 0.3) is 0 Å². The highest BCUT2D eigenvalue weighted by atomic mass is 16.5. The van der Waals surface area contributed by atoms with Crippen molar-refractivity contribution in [2.75, 3.05) is 7.11 Å². The van der Waals surface area contributed by atoms with E-state index in [1.165, 1.54) is 0 Å². The molecule has 1 aromatic carbocycles. The van der Waals surface area contributed by atoms with Crippen LogP contribution in [-0.2, 0) is 16.0 Å². The van der Waals surface area contributed by atoms with Crippen LogP contribution in [0.15, 0.2) is 24.3 Å². The van der Waals surface area contributed by atoms with Crippen molar-refractivity contribution in [2.45, 2.75) is 64.6 Å². The Kier molecular flexibility index (Phi) is 9.30. The maximum Gasteiger partial charge on any atom is 0.237 e. The van der Waals surface area contributed by atoms with E-state index in [4.69, 9.17) is 10.5 Å². The van der Waals surface area contributed by atoms with Crippen LogP contribution in [0.5, 0.6) is 5.75 Å². The summed E-state index contributed by atoms with van der Waals surface area (Å²) in [5.74, 6) is 0.404. The zero-order chi connectivity index (χ0) is 19.7. The van der Waals surface area contributed by atoms with E-state index >= 15 is 0 Å². The summed E-state index contributed by atoms with van der Waals surface area (Å²) in [4.78, 5) is 24.5. The second-order valence-electron chi connectivity index (χ2n) is 7.02. The normalized spacial score (nSPS) is 14.6. The Morgan fingerprint density at radius 2 is 2.00 bits per heavy atom. The average molecular weight is 364 g/mol. The number of aliphatic hydroxyl groups excluding tert-OH is 1. The third kappa shape index (κ3) is 7.14. The molecule has 1 rings (SSSR count). The summed E-state index contributed by atoms with van der Waals surface area (Å²) >= 11 is 0. The fourth-order valence-electron chi connectivity index (χ4n) is 2.78. The molecule has 26 heavy (non-hydrogen) atoms. The van der Waals surface area contributed by atoms with Gasteiger partial charge < -0.3 is 20.9 Å². The third-order valence-electron chi connectivity index (χ3n) is 4.33. The molecule has 0 spiro atoms. The molecule has 2 unspecified atom stereocenters. The van der Waals surface area contributed by atoms with Crippen molar-refractivity contribution in [1.82, 2.24) is 5.32 Å². The van der Waals surface area contributed by atoms with Crippen molar-refractivity contribution in [3.8, 4) is 5.75 Å². The smallest absolute Gasteiger partial charge is 0.237 e. The van der Waals surface area contributed by atoms with Crippen molar-refractivity contribution >= 4 is 11.7 Å². The number of carbonyl (C=O) groups excluding carboxylic acids is 2. The third-order valence-corrected chi connectivity index (χ3v) is 4.33. The fraction of sp³-hybridized carbons (Fsp3) is 0.600. The number of hydrogen-bond donors (Lipinski definition) is 3. The Bertz CT molecular complexity index is 589. The number of ketones is 1. The van der Waals surface area contributed by atoms with Gasteiger partial charge in [-0.25, -0.2) is 0 Å². The summed E-state index contributed by atoms with van der Waals surface area (Å²) in [6.07, 6.45) is 0.470. The highest BCUT2D eigenvalue weighted by Crippen LogP contribution is 2.15. The Labute approximate surface area is 156 Å². The van der Waals surface area contributed by atoms with Crippen LogP contribution in [0.2, 0.25) is 0 Å². The topological polar surface area (TPSA) is 102 Å². The average Bonchev–Trinajstić information content (AvgIpc) is 2.62. The monoisotopic (exact) mass is 364 g/mol. The molecule has 1 amide bonds. The van der Waals surface area contributed by atoms with E-state index in [-0.39, 0.29) is 18.1 Å². The number of aliphatic hydroxyl groups is 1. The molecule has 0 saturated carbocycles. The second kappa shape index (κ2) is 10.9. The molecule has 6 heteroatoms. The molecule has 0 heterocycles. The van der Waals surface area contributed by atoms with Crippen LogP contribution in [-0.4, -0.2) is 42.1 Å². The second-order valence-corrected chi connectivity index (χ2v) is 7.02. The van der Waals surface area contributed by atoms with Gasteiger partial charge in [-0.05, 0) is 42.9 Å². The van der Waals surface area contributed by atoms with Crippen LogP contribution in [0.3, 0.4) is 0 Å². The lowest BCUT2D eigenvalue weighted by Gasteiger charge is -2.24. The van der Waals surface area contributed by atoms with Gasteiger partial charge in [0.1, 0.15) is 11.9 Å². The minimum absolute atomic E-state index is 0.193. The summed E-state index contributed by atoms with van der Waals surface area (Å²) < 4.78 is 5.16. The van der Waals surface area contributed by atoms with Crippen molar-refractivity contribution in [1.29, 1.82) is 0 Å². The largest absolute Gasteiger partial charge is 0.497 e. The van der Waals surface area contributed by atoms with Gasteiger partial charge >= 0.3 is 0 Å². The molecule has 0 aliphatic rings. The van der Waals surface area contributed by atoms with E-state index in [0.717, 1.165) is 11.3 Å². The number of ether oxygens (including phenoxy) is 1. The minimum Gasteiger partial charge on any atom is -0.497 e. The highest BCUT2D eigenvalue weighted by Gasteiger charge is 2.27. The molecule has 6 nitrogen and oxygen atoms in total. The number of methoxy groups -OCH3 is 1. The number of benzene rings is 1. The van der Waals surface area contributed by atoms with E-state index < -0.39 is 18.2 Å². The van der Waals surface area contributed by atoms with Gasteiger partial charge in [0.05, 0.1) is 19.2 Å². The number of amides is 1. The lowest BCUT2D eigenvalue weighted by molar-refractivity contribution is -0.130. The van der Waals surface area contributed by atoms with Gasteiger partial charge in [-0.3, -0.25) is 9.59 Å². The molecule has 0 bridgehead atoms. The van der Waals surface area contributed by atoms with Crippen molar-refractivity contribution in [3.63, 3.8) is 0 Å². The molecule has 0 aliphatic heterocycles. The molecule has 0 aromatic heterocycles. The standard InChI is InChI=1S/C20H32N2O4/c1-5-17(22-20(25)16(21)11-13(2)3)19(24)18(23)10-9-14-7-6-8-15(12-14)26-4/h6-8,12-13,16-17,19,24H,5,9-11,21H2,1-4H3,(H,22,25)/t16-,17?,19?/m0/s1. The van der Waals surface area contributed by atoms with E-state index in [2.05, 4.69) is 5.32 Å². The molecule has 1 aromatic rings. The Hall–Kier alpha value is -1.92. The zero-order valence-corrected chi connectivity index (χ0v) is 16.2. The molecule has 146 valence electrons. The van der Waals surface area contributed by atoms with E-state index in [9.17, 15) is 14.7 Å². The molecule has 0 aliphatic carbocycles. The van der Waals surface area contributed by atoms with Gasteiger partial charge in [0.2, 0.25) is 5.91 Å². The maximum absolute atomic E-state index is 12.3. The zero-order valence-electron chi connectivity index (χ0n) is 16.2.